The van der Waals surface area contributed by atoms with Crippen LogP contribution in [-0.2, 0) is 0 Å². The fraction of sp³-hybridized carbons (Fsp3) is 0. The number of benzene rings is 12. The highest BCUT2D eigenvalue weighted by Gasteiger charge is 2.20. The van der Waals surface area contributed by atoms with Gasteiger partial charge in [-0.15, -0.1) is 0 Å². The number of fused-ring (bicyclic) bond motifs is 8. The standard InChI is InChI=1S/C68H46N4/c1-3-19-53(20-4-1)71-65-25-13-11-23-61(65)63-45-59(39-41-67(63)71)69(57-37-31-47-15-7-9-17-51(47)43-57)55-33-27-49(28-34-55)50-29-35-56(36-30-50)70(58-38-32-48-16-8-10-18-52(48)44-58)60-40-42-68-64(46-60)62-24-12-14-26-66(62)72(68)54-21-5-2-6-22-54/h1-46H. The first-order valence-electron chi connectivity index (χ1n) is 24.7. The number of hydrogen-bond acceptors (Lipinski definition) is 2. The van der Waals surface area contributed by atoms with E-state index in [1.54, 1.807) is 0 Å². The molecule has 0 aliphatic heterocycles. The van der Waals surface area contributed by atoms with Gasteiger partial charge in [-0.25, -0.2) is 0 Å². The van der Waals surface area contributed by atoms with Crippen molar-refractivity contribution in [3.63, 3.8) is 0 Å². The second kappa shape index (κ2) is 17.1. The fourth-order valence-corrected chi connectivity index (χ4v) is 11.0. The van der Waals surface area contributed by atoms with Crippen molar-refractivity contribution >= 4 is 99.3 Å². The second-order valence-corrected chi connectivity index (χ2v) is 18.6. The van der Waals surface area contributed by atoms with Crippen molar-refractivity contribution in [2.24, 2.45) is 0 Å². The third kappa shape index (κ3) is 7.00. The van der Waals surface area contributed by atoms with Crippen molar-refractivity contribution in [1.29, 1.82) is 0 Å². The smallest absolute Gasteiger partial charge is 0.0542 e. The zero-order valence-electron chi connectivity index (χ0n) is 39.3. The van der Waals surface area contributed by atoms with Gasteiger partial charge < -0.3 is 18.9 Å². The number of hydrogen-bond donors (Lipinski definition) is 0. The van der Waals surface area contributed by atoms with Gasteiger partial charge in [-0.1, -0.05) is 158 Å². The number of rotatable bonds is 9. The molecule has 12 aromatic carbocycles. The van der Waals surface area contributed by atoms with E-state index in [4.69, 9.17) is 0 Å². The van der Waals surface area contributed by atoms with Crippen LogP contribution < -0.4 is 9.80 Å². The summed E-state index contributed by atoms with van der Waals surface area (Å²) in [5.41, 5.74) is 15.9. The molecule has 2 heterocycles. The molecule has 0 atom stereocenters. The Morgan fingerprint density at radius 1 is 0.208 bits per heavy atom. The fourth-order valence-electron chi connectivity index (χ4n) is 11.0. The summed E-state index contributed by atoms with van der Waals surface area (Å²) in [6, 6.07) is 101. The van der Waals surface area contributed by atoms with E-state index in [9.17, 15) is 0 Å². The molecule has 4 heteroatoms. The molecule has 0 bridgehead atoms. The molecule has 0 aliphatic rings. The maximum absolute atomic E-state index is 2.39. The molecule has 2 aromatic heterocycles. The Bertz CT molecular complexity index is 4040. The molecule has 0 radical (unpaired) electrons. The Labute approximate surface area is 417 Å². The Balaban J connectivity index is 0.856. The lowest BCUT2D eigenvalue weighted by Gasteiger charge is -2.27. The highest BCUT2D eigenvalue weighted by atomic mass is 15.1. The summed E-state index contributed by atoms with van der Waals surface area (Å²) >= 11 is 0. The molecule has 0 aliphatic carbocycles. The number of aromatic nitrogens is 2. The van der Waals surface area contributed by atoms with E-state index in [1.165, 1.54) is 65.2 Å². The molecule has 0 amide bonds. The minimum Gasteiger partial charge on any atom is -0.310 e. The number of nitrogens with zero attached hydrogens (tertiary/aromatic N) is 4. The van der Waals surface area contributed by atoms with Gasteiger partial charge in [-0.3, -0.25) is 0 Å². The lowest BCUT2D eigenvalue weighted by Crippen LogP contribution is -2.10. The predicted octanol–water partition coefficient (Wildman–Crippen LogP) is 18.8. The third-order valence-corrected chi connectivity index (χ3v) is 14.4. The van der Waals surface area contributed by atoms with E-state index in [2.05, 4.69) is 298 Å². The van der Waals surface area contributed by atoms with Gasteiger partial charge in [-0.05, 0) is 154 Å². The van der Waals surface area contributed by atoms with Crippen LogP contribution >= 0.6 is 0 Å². The molecule has 72 heavy (non-hydrogen) atoms. The first kappa shape index (κ1) is 41.3. The minimum atomic E-state index is 1.09. The van der Waals surface area contributed by atoms with Crippen molar-refractivity contribution in [2.45, 2.75) is 0 Å². The summed E-state index contributed by atoms with van der Waals surface area (Å²) in [5, 5.41) is 9.73. The zero-order valence-corrected chi connectivity index (χ0v) is 39.3. The van der Waals surface area contributed by atoms with Crippen LogP contribution in [0.2, 0.25) is 0 Å². The molecule has 4 nitrogen and oxygen atoms in total. The molecule has 0 spiro atoms. The largest absolute Gasteiger partial charge is 0.310 e. The monoisotopic (exact) mass is 918 g/mol. The highest BCUT2D eigenvalue weighted by Crippen LogP contribution is 2.43. The SMILES string of the molecule is c1ccc(-n2c3ccccc3c3cc(N(c4ccc(-c5ccc(N(c6ccc7ccccc7c6)c6ccc7c(c6)c6ccccc6n7-c6ccccc6)cc5)cc4)c4ccc5ccccc5c4)ccc32)cc1. The van der Waals surface area contributed by atoms with E-state index in [0.717, 1.165) is 56.6 Å². The van der Waals surface area contributed by atoms with E-state index < -0.39 is 0 Å². The summed E-state index contributed by atoms with van der Waals surface area (Å²) < 4.78 is 4.75. The van der Waals surface area contributed by atoms with Gasteiger partial charge in [0.1, 0.15) is 0 Å². The Morgan fingerprint density at radius 2 is 0.528 bits per heavy atom. The number of anilines is 6. The van der Waals surface area contributed by atoms with Gasteiger partial charge in [0.2, 0.25) is 0 Å². The third-order valence-electron chi connectivity index (χ3n) is 14.4. The van der Waals surface area contributed by atoms with Crippen molar-refractivity contribution in [3.05, 3.63) is 279 Å². The molecule has 0 N–H and O–H groups in total. The van der Waals surface area contributed by atoms with Crippen LogP contribution in [0.5, 0.6) is 0 Å². The summed E-state index contributed by atoms with van der Waals surface area (Å²) in [6.45, 7) is 0. The van der Waals surface area contributed by atoms with Gasteiger partial charge in [0.15, 0.2) is 0 Å². The molecular formula is C68H46N4. The van der Waals surface area contributed by atoms with Crippen molar-refractivity contribution in [1.82, 2.24) is 9.13 Å². The molecule has 0 saturated heterocycles. The van der Waals surface area contributed by atoms with Crippen molar-refractivity contribution in [2.75, 3.05) is 9.80 Å². The van der Waals surface area contributed by atoms with Gasteiger partial charge in [0.25, 0.3) is 0 Å². The van der Waals surface area contributed by atoms with Crippen LogP contribution in [0, 0.1) is 0 Å². The van der Waals surface area contributed by atoms with Crippen LogP contribution in [0.1, 0.15) is 0 Å². The van der Waals surface area contributed by atoms with Crippen LogP contribution in [0.15, 0.2) is 279 Å². The molecule has 0 saturated carbocycles. The van der Waals surface area contributed by atoms with Gasteiger partial charge >= 0.3 is 0 Å². The molecule has 14 aromatic rings. The Morgan fingerprint density at radius 3 is 0.958 bits per heavy atom. The van der Waals surface area contributed by atoms with E-state index >= 15 is 0 Å². The average molecular weight is 919 g/mol. The van der Waals surface area contributed by atoms with Crippen molar-refractivity contribution in [3.8, 4) is 22.5 Å². The maximum Gasteiger partial charge on any atom is 0.0542 e. The van der Waals surface area contributed by atoms with E-state index in [1.807, 2.05) is 0 Å². The Hall–Kier alpha value is -9.64. The summed E-state index contributed by atoms with van der Waals surface area (Å²) in [6.07, 6.45) is 0. The summed E-state index contributed by atoms with van der Waals surface area (Å²) in [5.74, 6) is 0. The molecule has 14 rings (SSSR count). The lowest BCUT2D eigenvalue weighted by atomic mass is 10.0. The predicted molar refractivity (Wildman–Crippen MR) is 305 cm³/mol. The first-order valence-corrected chi connectivity index (χ1v) is 24.7. The topological polar surface area (TPSA) is 16.3 Å². The normalized spacial score (nSPS) is 11.6. The molecule has 0 unspecified atom stereocenters. The summed E-state index contributed by atoms with van der Waals surface area (Å²) in [7, 11) is 0. The number of para-hydroxylation sites is 4. The van der Waals surface area contributed by atoms with E-state index in [0.29, 0.717) is 0 Å². The van der Waals surface area contributed by atoms with Crippen LogP contribution in [0.25, 0.3) is 87.7 Å². The first-order chi connectivity index (χ1) is 35.7. The molecule has 338 valence electrons. The van der Waals surface area contributed by atoms with Crippen molar-refractivity contribution < 1.29 is 0 Å². The highest BCUT2D eigenvalue weighted by molar-refractivity contribution is 6.12. The van der Waals surface area contributed by atoms with Crippen LogP contribution in [0.3, 0.4) is 0 Å². The van der Waals surface area contributed by atoms with Gasteiger partial charge in [0.05, 0.1) is 22.1 Å². The van der Waals surface area contributed by atoms with Crippen LogP contribution in [-0.4, -0.2) is 9.13 Å². The minimum absolute atomic E-state index is 1.09. The van der Waals surface area contributed by atoms with E-state index in [-0.39, 0.29) is 0 Å². The summed E-state index contributed by atoms with van der Waals surface area (Å²) in [4.78, 5) is 4.78. The van der Waals surface area contributed by atoms with Crippen LogP contribution in [0.4, 0.5) is 34.1 Å². The zero-order chi connectivity index (χ0) is 47.5. The quantitative estimate of drug-likeness (QED) is 0.143. The average Bonchev–Trinajstić information content (AvgIpc) is 3.96. The second-order valence-electron chi connectivity index (χ2n) is 18.6. The van der Waals surface area contributed by atoms with Gasteiger partial charge in [0, 0.05) is 67.0 Å². The Kier molecular flexibility index (Phi) is 9.82. The van der Waals surface area contributed by atoms with Gasteiger partial charge in [-0.2, -0.15) is 0 Å². The molecular weight excluding hydrogens is 873 g/mol. The lowest BCUT2D eigenvalue weighted by molar-refractivity contribution is 1.18. The maximum atomic E-state index is 2.39. The molecule has 0 fully saturated rings.